The SMILES string of the molecule is N#CCC1CCC(n2c(Cc3ccn[nH]3)nc3cnc4c(ccn4S(=O)(=O)c4ccccc4)c32)CC1. The van der Waals surface area contributed by atoms with Crippen LogP contribution < -0.4 is 0 Å². The molecule has 0 unspecified atom stereocenters. The van der Waals surface area contributed by atoms with Crippen LogP contribution in [0.15, 0.2) is 66.0 Å². The molecule has 0 spiro atoms. The van der Waals surface area contributed by atoms with Gasteiger partial charge in [0.05, 0.1) is 22.7 Å². The second kappa shape index (κ2) is 8.91. The molecule has 0 amide bonds. The van der Waals surface area contributed by atoms with E-state index in [1.165, 1.54) is 3.97 Å². The van der Waals surface area contributed by atoms with Gasteiger partial charge in [-0.2, -0.15) is 10.4 Å². The molecule has 0 radical (unpaired) electrons. The fraction of sp³-hybridized carbons (Fsp3) is 0.308. The molecule has 0 atom stereocenters. The molecule has 10 heteroatoms. The standard InChI is InChI=1S/C26H25N7O2S/c27-13-10-18-6-8-20(9-7-18)33-24(16-19-11-14-29-31-19)30-23-17-28-26-22(25(23)33)12-15-32(26)36(34,35)21-4-2-1-3-5-21/h1-5,11-12,14-15,17-18,20H,6-10,16H2,(H,29,31). The van der Waals surface area contributed by atoms with Gasteiger partial charge < -0.3 is 4.57 Å². The minimum absolute atomic E-state index is 0.211. The molecule has 1 N–H and O–H groups in total. The Labute approximate surface area is 208 Å². The minimum Gasteiger partial charge on any atom is -0.324 e. The summed E-state index contributed by atoms with van der Waals surface area (Å²) in [6.07, 6.45) is 10.0. The fourth-order valence-corrected chi connectivity index (χ4v) is 6.73. The molecule has 1 aliphatic carbocycles. The first-order valence-electron chi connectivity index (χ1n) is 12.1. The Morgan fingerprint density at radius 3 is 2.61 bits per heavy atom. The number of benzene rings is 1. The number of rotatable bonds is 6. The van der Waals surface area contributed by atoms with Crippen molar-refractivity contribution < 1.29 is 8.42 Å². The third-order valence-electron chi connectivity index (χ3n) is 7.17. The number of aromatic nitrogens is 6. The largest absolute Gasteiger partial charge is 0.324 e. The Morgan fingerprint density at radius 1 is 1.08 bits per heavy atom. The molecule has 0 saturated heterocycles. The van der Waals surface area contributed by atoms with Crippen molar-refractivity contribution in [2.45, 2.75) is 49.5 Å². The van der Waals surface area contributed by atoms with Gasteiger partial charge >= 0.3 is 0 Å². The summed E-state index contributed by atoms with van der Waals surface area (Å²) in [5, 5.41) is 17.0. The van der Waals surface area contributed by atoms with Crippen LogP contribution >= 0.6 is 0 Å². The number of nitriles is 1. The van der Waals surface area contributed by atoms with Gasteiger partial charge in [-0.3, -0.25) is 5.10 Å². The van der Waals surface area contributed by atoms with Gasteiger partial charge in [-0.05, 0) is 55.9 Å². The van der Waals surface area contributed by atoms with Crippen molar-refractivity contribution in [3.05, 3.63) is 72.6 Å². The second-order valence-corrected chi connectivity index (χ2v) is 11.2. The van der Waals surface area contributed by atoms with E-state index in [0.717, 1.165) is 53.6 Å². The number of hydrogen-bond acceptors (Lipinski definition) is 6. The Kier molecular flexibility index (Phi) is 5.57. The number of pyridine rings is 1. The van der Waals surface area contributed by atoms with Crippen LogP contribution in [0.3, 0.4) is 0 Å². The van der Waals surface area contributed by atoms with Crippen molar-refractivity contribution in [2.24, 2.45) is 5.92 Å². The third kappa shape index (κ3) is 3.76. The highest BCUT2D eigenvalue weighted by Gasteiger charge is 2.28. The molecule has 0 aliphatic heterocycles. The molecular formula is C26H25N7O2S. The molecule has 4 aromatic heterocycles. The Balaban J connectivity index is 1.51. The average molecular weight is 500 g/mol. The van der Waals surface area contributed by atoms with Gasteiger partial charge in [0.1, 0.15) is 11.3 Å². The van der Waals surface area contributed by atoms with Gasteiger partial charge in [0.25, 0.3) is 10.0 Å². The molecule has 5 aromatic rings. The molecule has 36 heavy (non-hydrogen) atoms. The van der Waals surface area contributed by atoms with E-state index in [0.29, 0.717) is 24.4 Å². The molecule has 0 bridgehead atoms. The lowest BCUT2D eigenvalue weighted by molar-refractivity contribution is 0.278. The first kappa shape index (κ1) is 22.5. The monoisotopic (exact) mass is 499 g/mol. The van der Waals surface area contributed by atoms with Gasteiger partial charge in [0.2, 0.25) is 0 Å². The number of aromatic amines is 1. The smallest absolute Gasteiger partial charge is 0.269 e. The van der Waals surface area contributed by atoms with E-state index in [1.807, 2.05) is 12.1 Å². The molecule has 182 valence electrons. The molecule has 1 aliphatic rings. The Bertz CT molecular complexity index is 1670. The average Bonchev–Trinajstić information content (AvgIpc) is 3.64. The van der Waals surface area contributed by atoms with Crippen molar-refractivity contribution in [2.75, 3.05) is 0 Å². The van der Waals surface area contributed by atoms with Crippen LogP contribution in [-0.4, -0.2) is 37.1 Å². The lowest BCUT2D eigenvalue weighted by atomic mass is 9.84. The minimum atomic E-state index is -3.80. The van der Waals surface area contributed by atoms with E-state index >= 15 is 0 Å². The lowest BCUT2D eigenvalue weighted by Gasteiger charge is -2.30. The number of imidazole rings is 1. The van der Waals surface area contributed by atoms with Crippen molar-refractivity contribution in [1.29, 1.82) is 5.26 Å². The zero-order chi connectivity index (χ0) is 24.7. The lowest BCUT2D eigenvalue weighted by Crippen LogP contribution is -2.20. The molecule has 1 saturated carbocycles. The van der Waals surface area contributed by atoms with Crippen molar-refractivity contribution in [3.8, 4) is 6.07 Å². The van der Waals surface area contributed by atoms with Crippen LogP contribution in [-0.2, 0) is 16.4 Å². The normalized spacial score (nSPS) is 18.5. The highest BCUT2D eigenvalue weighted by Crippen LogP contribution is 2.38. The first-order valence-corrected chi connectivity index (χ1v) is 13.5. The van der Waals surface area contributed by atoms with Crippen LogP contribution in [0.1, 0.15) is 49.7 Å². The summed E-state index contributed by atoms with van der Waals surface area (Å²) in [6.45, 7) is 0. The maximum atomic E-state index is 13.4. The molecule has 6 rings (SSSR count). The molecule has 1 fully saturated rings. The van der Waals surface area contributed by atoms with E-state index in [2.05, 4.69) is 25.8 Å². The van der Waals surface area contributed by atoms with E-state index in [4.69, 9.17) is 10.2 Å². The molecule has 4 heterocycles. The summed E-state index contributed by atoms with van der Waals surface area (Å²) in [6, 6.07) is 14.7. The summed E-state index contributed by atoms with van der Waals surface area (Å²) in [7, 11) is -3.80. The molecule has 1 aromatic carbocycles. The van der Waals surface area contributed by atoms with Crippen molar-refractivity contribution in [3.63, 3.8) is 0 Å². The van der Waals surface area contributed by atoms with Crippen LogP contribution in [0.4, 0.5) is 0 Å². The van der Waals surface area contributed by atoms with E-state index in [-0.39, 0.29) is 10.9 Å². The van der Waals surface area contributed by atoms with Gasteiger partial charge in [-0.1, -0.05) is 18.2 Å². The number of nitrogens with one attached hydrogen (secondary N) is 1. The van der Waals surface area contributed by atoms with Gasteiger partial charge in [0, 0.05) is 42.4 Å². The zero-order valence-corrected chi connectivity index (χ0v) is 20.4. The van der Waals surface area contributed by atoms with Gasteiger partial charge in [-0.25, -0.2) is 22.4 Å². The van der Waals surface area contributed by atoms with Gasteiger partial charge in [-0.15, -0.1) is 0 Å². The number of nitrogens with zero attached hydrogens (tertiary/aromatic N) is 6. The molecule has 9 nitrogen and oxygen atoms in total. The number of H-pyrrole nitrogens is 1. The van der Waals surface area contributed by atoms with Crippen LogP contribution in [0.5, 0.6) is 0 Å². The van der Waals surface area contributed by atoms with E-state index < -0.39 is 10.0 Å². The van der Waals surface area contributed by atoms with E-state index in [1.54, 1.807) is 48.9 Å². The summed E-state index contributed by atoms with van der Waals surface area (Å²) < 4.78 is 30.4. The summed E-state index contributed by atoms with van der Waals surface area (Å²) in [5.74, 6) is 1.32. The number of hydrogen-bond donors (Lipinski definition) is 1. The second-order valence-electron chi connectivity index (χ2n) is 9.35. The fourth-order valence-electron chi connectivity index (χ4n) is 5.40. The Hall–Kier alpha value is -3.97. The maximum absolute atomic E-state index is 13.4. The maximum Gasteiger partial charge on any atom is 0.269 e. The van der Waals surface area contributed by atoms with Crippen LogP contribution in [0.2, 0.25) is 0 Å². The first-order chi connectivity index (χ1) is 17.6. The van der Waals surface area contributed by atoms with Crippen molar-refractivity contribution >= 4 is 32.1 Å². The quantitative estimate of drug-likeness (QED) is 0.365. The van der Waals surface area contributed by atoms with Crippen LogP contribution in [0.25, 0.3) is 22.1 Å². The highest BCUT2D eigenvalue weighted by atomic mass is 32.2. The highest BCUT2D eigenvalue weighted by molar-refractivity contribution is 7.90. The van der Waals surface area contributed by atoms with E-state index in [9.17, 15) is 8.42 Å². The number of fused-ring (bicyclic) bond motifs is 3. The predicted octanol–water partition coefficient (Wildman–Crippen LogP) is 4.58. The summed E-state index contributed by atoms with van der Waals surface area (Å²) in [5.41, 5.74) is 2.99. The molecular weight excluding hydrogens is 474 g/mol. The topological polar surface area (TPSA) is 122 Å². The summed E-state index contributed by atoms with van der Waals surface area (Å²) in [4.78, 5) is 9.70. The zero-order valence-electron chi connectivity index (χ0n) is 19.6. The summed E-state index contributed by atoms with van der Waals surface area (Å²) >= 11 is 0. The predicted molar refractivity (Wildman–Crippen MR) is 135 cm³/mol. The third-order valence-corrected chi connectivity index (χ3v) is 8.85. The van der Waals surface area contributed by atoms with Gasteiger partial charge in [0.15, 0.2) is 5.65 Å². The van der Waals surface area contributed by atoms with Crippen molar-refractivity contribution in [1.82, 2.24) is 28.7 Å². The van der Waals surface area contributed by atoms with Crippen LogP contribution in [0, 0.1) is 17.2 Å². The Morgan fingerprint density at radius 2 is 1.89 bits per heavy atom.